The first-order valence-corrected chi connectivity index (χ1v) is 6.71. The van der Waals surface area contributed by atoms with Crippen molar-refractivity contribution in [2.45, 2.75) is 18.9 Å². The fourth-order valence-electron chi connectivity index (χ4n) is 2.39. The molecule has 1 aromatic carbocycles. The molecule has 0 unspecified atom stereocenters. The minimum Gasteiger partial charge on any atom is -0.447 e. The third-order valence-corrected chi connectivity index (χ3v) is 3.41. The number of hydrogen-bond donors (Lipinski definition) is 1. The van der Waals surface area contributed by atoms with Crippen LogP contribution >= 0.6 is 0 Å². The minimum absolute atomic E-state index is 0.136. The van der Waals surface area contributed by atoms with E-state index < -0.39 is 0 Å². The van der Waals surface area contributed by atoms with Crippen LogP contribution in [0, 0.1) is 0 Å². The zero-order chi connectivity index (χ0) is 13.9. The molecule has 6 nitrogen and oxygen atoms in total. The largest absolute Gasteiger partial charge is 0.447 e. The lowest BCUT2D eigenvalue weighted by Crippen LogP contribution is -2.27. The van der Waals surface area contributed by atoms with Crippen molar-refractivity contribution < 1.29 is 19.1 Å². The molecule has 3 rings (SSSR count). The number of ether oxygens (including phenoxy) is 2. The van der Waals surface area contributed by atoms with Crippen LogP contribution in [0.3, 0.4) is 0 Å². The predicted octanol–water partition coefficient (Wildman–Crippen LogP) is 1.76. The highest BCUT2D eigenvalue weighted by atomic mass is 16.6. The highest BCUT2D eigenvalue weighted by molar-refractivity contribution is 5.96. The second-order valence-corrected chi connectivity index (χ2v) is 4.81. The zero-order valence-corrected chi connectivity index (χ0v) is 11.0. The van der Waals surface area contributed by atoms with E-state index in [1.807, 2.05) is 6.07 Å². The summed E-state index contributed by atoms with van der Waals surface area (Å²) in [7, 11) is 0. The molecule has 0 spiro atoms. The maximum Gasteiger partial charge on any atom is 0.414 e. The molecule has 1 atom stereocenters. The van der Waals surface area contributed by atoms with Gasteiger partial charge >= 0.3 is 6.09 Å². The van der Waals surface area contributed by atoms with Gasteiger partial charge in [-0.1, -0.05) is 6.07 Å². The van der Waals surface area contributed by atoms with Crippen molar-refractivity contribution in [3.05, 3.63) is 24.3 Å². The molecule has 6 heteroatoms. The molecule has 0 aromatic heterocycles. The molecular weight excluding hydrogens is 260 g/mol. The first-order valence-electron chi connectivity index (χ1n) is 6.71. The molecule has 0 saturated carbocycles. The Balaban J connectivity index is 1.70. The summed E-state index contributed by atoms with van der Waals surface area (Å²) in [6.45, 7) is 1.56. The lowest BCUT2D eigenvalue weighted by atomic mass is 10.2. The normalized spacial score (nSPS) is 21.9. The van der Waals surface area contributed by atoms with Gasteiger partial charge in [0.2, 0.25) is 0 Å². The van der Waals surface area contributed by atoms with E-state index in [1.165, 1.54) is 0 Å². The summed E-state index contributed by atoms with van der Waals surface area (Å²) in [6, 6.07) is 7.16. The maximum absolute atomic E-state index is 12.0. The Bertz CT molecular complexity index is 526. The van der Waals surface area contributed by atoms with Crippen molar-refractivity contribution in [1.82, 2.24) is 0 Å². The van der Waals surface area contributed by atoms with Gasteiger partial charge < -0.3 is 14.8 Å². The molecule has 1 aromatic rings. The second kappa shape index (κ2) is 5.50. The molecule has 106 valence electrons. The van der Waals surface area contributed by atoms with Gasteiger partial charge in [0.25, 0.3) is 5.91 Å². The third-order valence-electron chi connectivity index (χ3n) is 3.41. The van der Waals surface area contributed by atoms with E-state index in [2.05, 4.69) is 5.32 Å². The molecule has 0 bridgehead atoms. The van der Waals surface area contributed by atoms with Gasteiger partial charge in [0.15, 0.2) is 0 Å². The summed E-state index contributed by atoms with van der Waals surface area (Å²) in [5.74, 6) is -0.136. The molecule has 2 amide bonds. The number of carbonyl (C=O) groups excluding carboxylic acids is 2. The standard InChI is InChI=1S/C14H16N2O4/c17-13(12-5-2-7-19-12)15-10-3-1-4-11(9-10)16-6-8-20-14(16)18/h1,3-4,9,12H,2,5-8H2,(H,15,17)/t12-/m1/s1. The van der Waals surface area contributed by atoms with Crippen molar-refractivity contribution in [2.24, 2.45) is 0 Å². The number of hydrogen-bond acceptors (Lipinski definition) is 4. The van der Waals surface area contributed by atoms with Crippen molar-refractivity contribution in [2.75, 3.05) is 30.0 Å². The van der Waals surface area contributed by atoms with Crippen LogP contribution < -0.4 is 10.2 Å². The van der Waals surface area contributed by atoms with Gasteiger partial charge in [0.1, 0.15) is 12.7 Å². The number of anilines is 2. The molecule has 2 aliphatic rings. The average Bonchev–Trinajstić information content (AvgIpc) is 3.10. The van der Waals surface area contributed by atoms with Crippen LogP contribution in [-0.4, -0.2) is 37.9 Å². The Morgan fingerprint density at radius 3 is 2.95 bits per heavy atom. The Morgan fingerprint density at radius 1 is 1.35 bits per heavy atom. The molecule has 1 N–H and O–H groups in total. The highest BCUT2D eigenvalue weighted by Gasteiger charge is 2.25. The van der Waals surface area contributed by atoms with Gasteiger partial charge in [0.05, 0.1) is 6.54 Å². The molecule has 2 aliphatic heterocycles. The average molecular weight is 276 g/mol. The van der Waals surface area contributed by atoms with Gasteiger partial charge in [0, 0.05) is 18.0 Å². The van der Waals surface area contributed by atoms with E-state index >= 15 is 0 Å². The molecule has 2 fully saturated rings. The molecule has 20 heavy (non-hydrogen) atoms. The summed E-state index contributed by atoms with van der Waals surface area (Å²) in [5, 5.41) is 2.82. The summed E-state index contributed by atoms with van der Waals surface area (Å²) < 4.78 is 10.2. The molecule has 0 aliphatic carbocycles. The third kappa shape index (κ3) is 2.60. The van der Waals surface area contributed by atoms with Crippen LogP contribution in [0.5, 0.6) is 0 Å². The number of nitrogens with zero attached hydrogens (tertiary/aromatic N) is 1. The molecule has 2 heterocycles. The van der Waals surface area contributed by atoms with Crippen LogP contribution in [0.4, 0.5) is 16.2 Å². The number of nitrogens with one attached hydrogen (secondary N) is 1. The van der Waals surface area contributed by atoms with Crippen LogP contribution in [0.2, 0.25) is 0 Å². The quantitative estimate of drug-likeness (QED) is 0.913. The van der Waals surface area contributed by atoms with Gasteiger partial charge in [-0.3, -0.25) is 9.69 Å². The van der Waals surface area contributed by atoms with E-state index in [4.69, 9.17) is 9.47 Å². The Kier molecular flexibility index (Phi) is 3.56. The van der Waals surface area contributed by atoms with Gasteiger partial charge in [-0.25, -0.2) is 4.79 Å². The van der Waals surface area contributed by atoms with E-state index in [9.17, 15) is 9.59 Å². The lowest BCUT2D eigenvalue weighted by molar-refractivity contribution is -0.124. The Labute approximate surface area is 116 Å². The Hall–Kier alpha value is -2.08. The van der Waals surface area contributed by atoms with E-state index in [1.54, 1.807) is 23.1 Å². The summed E-state index contributed by atoms with van der Waals surface area (Å²) in [4.78, 5) is 25.0. The monoisotopic (exact) mass is 276 g/mol. The van der Waals surface area contributed by atoms with Crippen molar-refractivity contribution >= 4 is 23.4 Å². The SMILES string of the molecule is O=C(Nc1cccc(N2CCOC2=O)c1)[C@H]1CCCO1. The maximum atomic E-state index is 12.0. The predicted molar refractivity (Wildman–Crippen MR) is 72.7 cm³/mol. The second-order valence-electron chi connectivity index (χ2n) is 4.81. The summed E-state index contributed by atoms with van der Waals surface area (Å²) in [6.07, 6.45) is 0.949. The van der Waals surface area contributed by atoms with E-state index in [0.717, 1.165) is 18.5 Å². The number of amides is 2. The first kappa shape index (κ1) is 12.9. The van der Waals surface area contributed by atoms with Crippen molar-refractivity contribution in [3.63, 3.8) is 0 Å². The smallest absolute Gasteiger partial charge is 0.414 e. The summed E-state index contributed by atoms with van der Waals surface area (Å²) >= 11 is 0. The van der Waals surface area contributed by atoms with Crippen LogP contribution in [0.25, 0.3) is 0 Å². The molecule has 2 saturated heterocycles. The summed E-state index contributed by atoms with van der Waals surface area (Å²) in [5.41, 5.74) is 1.38. The number of cyclic esters (lactones) is 1. The number of rotatable bonds is 3. The van der Waals surface area contributed by atoms with Gasteiger partial charge in [-0.15, -0.1) is 0 Å². The van der Waals surface area contributed by atoms with Crippen LogP contribution in [0.1, 0.15) is 12.8 Å². The Morgan fingerprint density at radius 2 is 2.25 bits per heavy atom. The molecular formula is C14H16N2O4. The first-order chi connectivity index (χ1) is 9.74. The van der Waals surface area contributed by atoms with Gasteiger partial charge in [-0.05, 0) is 31.0 Å². The van der Waals surface area contributed by atoms with E-state index in [0.29, 0.717) is 25.4 Å². The fourth-order valence-corrected chi connectivity index (χ4v) is 2.39. The fraction of sp³-hybridized carbons (Fsp3) is 0.429. The minimum atomic E-state index is -0.365. The van der Waals surface area contributed by atoms with Gasteiger partial charge in [-0.2, -0.15) is 0 Å². The molecule has 0 radical (unpaired) electrons. The van der Waals surface area contributed by atoms with Crippen molar-refractivity contribution in [1.29, 1.82) is 0 Å². The number of benzene rings is 1. The highest BCUT2D eigenvalue weighted by Crippen LogP contribution is 2.23. The zero-order valence-electron chi connectivity index (χ0n) is 11.0. The number of carbonyl (C=O) groups is 2. The van der Waals surface area contributed by atoms with Crippen LogP contribution in [-0.2, 0) is 14.3 Å². The van der Waals surface area contributed by atoms with Crippen LogP contribution in [0.15, 0.2) is 24.3 Å². The topological polar surface area (TPSA) is 67.9 Å². The lowest BCUT2D eigenvalue weighted by Gasteiger charge is -2.15. The van der Waals surface area contributed by atoms with E-state index in [-0.39, 0.29) is 18.1 Å². The van der Waals surface area contributed by atoms with Crippen molar-refractivity contribution in [3.8, 4) is 0 Å².